The van der Waals surface area contributed by atoms with Gasteiger partial charge < -0.3 is 14.7 Å². The average molecular weight is 496 g/mol. The number of allylic oxidation sites excluding steroid dienone is 1. The van der Waals surface area contributed by atoms with Gasteiger partial charge in [0.15, 0.2) is 0 Å². The fraction of sp³-hybridized carbons (Fsp3) is 0.844. The van der Waals surface area contributed by atoms with Crippen molar-refractivity contribution in [2.45, 2.75) is 111 Å². The molecule has 10 atom stereocenters. The summed E-state index contributed by atoms with van der Waals surface area (Å²) in [7, 11) is 0. The molecule has 0 amide bonds. The molecule has 5 aliphatic rings. The Morgan fingerprint density at radius 2 is 1.75 bits per heavy atom. The molecular formula is C32H49NO3. The highest BCUT2D eigenvalue weighted by Gasteiger charge is 2.69. The predicted octanol–water partition coefficient (Wildman–Crippen LogP) is 6.70. The maximum Gasteiger partial charge on any atom is 0.145 e. The molecule has 5 aliphatic carbocycles. The van der Waals surface area contributed by atoms with Gasteiger partial charge >= 0.3 is 0 Å². The summed E-state index contributed by atoms with van der Waals surface area (Å²) in [4.78, 5) is 0. The van der Waals surface area contributed by atoms with Crippen LogP contribution in [0.5, 0.6) is 0 Å². The molecule has 1 unspecified atom stereocenters. The van der Waals surface area contributed by atoms with Crippen molar-refractivity contribution in [3.8, 4) is 0 Å². The van der Waals surface area contributed by atoms with Gasteiger partial charge in [-0.1, -0.05) is 65.3 Å². The van der Waals surface area contributed by atoms with Crippen LogP contribution in [0.3, 0.4) is 0 Å². The lowest BCUT2D eigenvalue weighted by atomic mass is 9.33. The Bertz CT molecular complexity index is 1070. The van der Waals surface area contributed by atoms with E-state index in [0.717, 1.165) is 25.0 Å². The number of nitrogens with zero attached hydrogens (tertiary/aromatic N) is 1. The van der Waals surface area contributed by atoms with E-state index in [4.69, 9.17) is 4.52 Å². The fourth-order valence-corrected chi connectivity index (χ4v) is 11.6. The quantitative estimate of drug-likeness (QED) is 0.448. The Morgan fingerprint density at radius 1 is 1.00 bits per heavy atom. The third kappa shape index (κ3) is 2.87. The monoisotopic (exact) mass is 495 g/mol. The average Bonchev–Trinajstić information content (AvgIpc) is 3.28. The van der Waals surface area contributed by atoms with Crippen molar-refractivity contribution in [2.75, 3.05) is 6.61 Å². The lowest BCUT2D eigenvalue weighted by Crippen LogP contribution is -2.66. The SMILES string of the molecule is C[C@@H]1[C@H]2[C@H]3C(O)C=C4[C@@]5(C)Cc6cnoc6C(C)(C)[C@@H]5CC[C@@]4(C)[C@]3(C)CC[C@@]2(CCO)CC[C@H]1C. The number of hydrogen-bond acceptors (Lipinski definition) is 4. The van der Waals surface area contributed by atoms with Crippen LogP contribution in [0.4, 0.5) is 0 Å². The summed E-state index contributed by atoms with van der Waals surface area (Å²) in [5, 5.41) is 26.6. The summed E-state index contributed by atoms with van der Waals surface area (Å²) in [6.45, 7) is 17.4. The van der Waals surface area contributed by atoms with Crippen molar-refractivity contribution in [2.24, 2.45) is 51.2 Å². The van der Waals surface area contributed by atoms with E-state index in [1.54, 1.807) is 0 Å². The summed E-state index contributed by atoms with van der Waals surface area (Å²) >= 11 is 0. The van der Waals surface area contributed by atoms with Gasteiger partial charge in [0.25, 0.3) is 0 Å². The molecule has 0 radical (unpaired) electrons. The summed E-state index contributed by atoms with van der Waals surface area (Å²) < 4.78 is 5.83. The van der Waals surface area contributed by atoms with Gasteiger partial charge in [-0.05, 0) is 103 Å². The molecule has 4 heteroatoms. The molecule has 200 valence electrons. The molecule has 6 rings (SSSR count). The van der Waals surface area contributed by atoms with Gasteiger partial charge in [-0.3, -0.25) is 0 Å². The fourth-order valence-electron chi connectivity index (χ4n) is 11.6. The molecule has 3 saturated carbocycles. The van der Waals surface area contributed by atoms with Crippen LogP contribution in [-0.4, -0.2) is 28.1 Å². The molecule has 36 heavy (non-hydrogen) atoms. The first-order chi connectivity index (χ1) is 16.9. The minimum atomic E-state index is -0.420. The summed E-state index contributed by atoms with van der Waals surface area (Å²) in [6.07, 6.45) is 12.9. The zero-order chi connectivity index (χ0) is 25.9. The molecule has 3 fully saturated rings. The predicted molar refractivity (Wildman–Crippen MR) is 142 cm³/mol. The van der Waals surface area contributed by atoms with Crippen molar-refractivity contribution < 1.29 is 14.7 Å². The van der Waals surface area contributed by atoms with Gasteiger partial charge in [0, 0.05) is 17.6 Å². The Balaban J connectivity index is 1.50. The number of aliphatic hydroxyl groups excluding tert-OH is 2. The van der Waals surface area contributed by atoms with Gasteiger partial charge in [-0.15, -0.1) is 0 Å². The van der Waals surface area contributed by atoms with E-state index in [2.05, 4.69) is 59.7 Å². The highest BCUT2D eigenvalue weighted by molar-refractivity contribution is 5.42. The third-order valence-electron chi connectivity index (χ3n) is 13.7. The number of aromatic nitrogens is 1. The van der Waals surface area contributed by atoms with E-state index in [1.165, 1.54) is 43.2 Å². The largest absolute Gasteiger partial charge is 0.396 e. The second kappa shape index (κ2) is 7.72. The van der Waals surface area contributed by atoms with E-state index in [0.29, 0.717) is 23.7 Å². The van der Waals surface area contributed by atoms with Gasteiger partial charge in [0.05, 0.1) is 12.3 Å². The van der Waals surface area contributed by atoms with Crippen LogP contribution >= 0.6 is 0 Å². The molecule has 0 spiro atoms. The smallest absolute Gasteiger partial charge is 0.145 e. The lowest BCUT2D eigenvalue weighted by Gasteiger charge is -2.71. The van der Waals surface area contributed by atoms with Crippen LogP contribution in [0.1, 0.15) is 105 Å². The molecular weight excluding hydrogens is 446 g/mol. The molecule has 0 aliphatic heterocycles. The number of hydrogen-bond donors (Lipinski definition) is 2. The van der Waals surface area contributed by atoms with Crippen LogP contribution in [0.25, 0.3) is 0 Å². The van der Waals surface area contributed by atoms with E-state index >= 15 is 0 Å². The number of aliphatic hydroxyl groups is 2. The minimum absolute atomic E-state index is 0.00484. The molecule has 1 aromatic heterocycles. The molecule has 0 bridgehead atoms. The Morgan fingerprint density at radius 3 is 2.47 bits per heavy atom. The van der Waals surface area contributed by atoms with Crippen LogP contribution in [0.2, 0.25) is 0 Å². The van der Waals surface area contributed by atoms with Crippen LogP contribution < -0.4 is 0 Å². The van der Waals surface area contributed by atoms with Gasteiger partial charge in [-0.2, -0.15) is 0 Å². The van der Waals surface area contributed by atoms with Gasteiger partial charge in [0.2, 0.25) is 0 Å². The normalized spacial score (nSPS) is 51.2. The summed E-state index contributed by atoms with van der Waals surface area (Å²) in [6, 6.07) is 0. The van der Waals surface area contributed by atoms with Gasteiger partial charge in [-0.25, -0.2) is 0 Å². The zero-order valence-electron chi connectivity index (χ0n) is 23.7. The molecule has 4 nitrogen and oxygen atoms in total. The first-order valence-electron chi connectivity index (χ1n) is 14.8. The first kappa shape index (κ1) is 25.2. The molecule has 1 aromatic rings. The molecule has 1 heterocycles. The number of rotatable bonds is 2. The van der Waals surface area contributed by atoms with E-state index in [-0.39, 0.29) is 39.6 Å². The van der Waals surface area contributed by atoms with Crippen molar-refractivity contribution in [3.63, 3.8) is 0 Å². The maximum absolute atomic E-state index is 12.2. The van der Waals surface area contributed by atoms with E-state index in [1.807, 2.05) is 6.20 Å². The first-order valence-corrected chi connectivity index (χ1v) is 14.8. The van der Waals surface area contributed by atoms with E-state index in [9.17, 15) is 10.2 Å². The van der Waals surface area contributed by atoms with Crippen molar-refractivity contribution >= 4 is 0 Å². The number of fused-ring (bicyclic) bond motifs is 8. The second-order valence-electron chi connectivity index (χ2n) is 15.2. The second-order valence-corrected chi connectivity index (χ2v) is 15.2. The third-order valence-corrected chi connectivity index (χ3v) is 13.7. The van der Waals surface area contributed by atoms with Crippen LogP contribution in [-0.2, 0) is 11.8 Å². The van der Waals surface area contributed by atoms with E-state index < -0.39 is 6.10 Å². The minimum Gasteiger partial charge on any atom is -0.396 e. The molecule has 0 aromatic carbocycles. The van der Waals surface area contributed by atoms with Crippen LogP contribution in [0.15, 0.2) is 22.4 Å². The zero-order valence-corrected chi connectivity index (χ0v) is 23.7. The standard InChI is InChI=1S/C32H49NO3/c1-19-8-11-32(14-15-34)13-12-31(7)26(25(32)20(19)2)22(35)16-24-29(5)17-21-18-33-36-27(21)28(3,4)23(29)9-10-30(24,31)6/h16,18-20,22-23,25-26,34-35H,8-15,17H2,1-7H3/t19-,20+,22?,23+,25+,26-,29+,30-,31-,32-/m1/s1. The Hall–Kier alpha value is -1.13. The Kier molecular flexibility index (Phi) is 5.39. The van der Waals surface area contributed by atoms with Crippen molar-refractivity contribution in [1.82, 2.24) is 5.16 Å². The highest BCUT2D eigenvalue weighted by atomic mass is 16.5. The van der Waals surface area contributed by atoms with Crippen molar-refractivity contribution in [1.29, 1.82) is 0 Å². The summed E-state index contributed by atoms with van der Waals surface area (Å²) in [5.41, 5.74) is 3.00. The topological polar surface area (TPSA) is 66.5 Å². The van der Waals surface area contributed by atoms with Crippen molar-refractivity contribution in [3.05, 3.63) is 29.2 Å². The molecule has 2 N–H and O–H groups in total. The lowest BCUT2D eigenvalue weighted by molar-refractivity contribution is -0.199. The Labute approximate surface area is 218 Å². The summed E-state index contributed by atoms with van der Waals surface area (Å²) in [5.74, 6) is 3.52. The van der Waals surface area contributed by atoms with Crippen LogP contribution in [0, 0.1) is 51.2 Å². The highest BCUT2D eigenvalue weighted by Crippen LogP contribution is 2.75. The molecule has 0 saturated heterocycles. The maximum atomic E-state index is 12.2. The van der Waals surface area contributed by atoms with Gasteiger partial charge in [0.1, 0.15) is 5.76 Å².